The van der Waals surface area contributed by atoms with E-state index in [-0.39, 0.29) is 48.3 Å². The van der Waals surface area contributed by atoms with Crippen LogP contribution in [0.4, 0.5) is 28.4 Å². The Hall–Kier alpha value is -6.52. The summed E-state index contributed by atoms with van der Waals surface area (Å²) in [5.74, 6) is 1.95. The quantitative estimate of drug-likeness (QED) is 0.0295. The summed E-state index contributed by atoms with van der Waals surface area (Å²) in [5, 5.41) is 10.3. The lowest BCUT2D eigenvalue weighted by atomic mass is 10.1. The number of carbonyl (C=O) groups excluding carboxylic acids is 4. The second kappa shape index (κ2) is 22.1. The molecule has 3 aliphatic heterocycles. The normalized spacial score (nSPS) is 16.0. The highest BCUT2D eigenvalue weighted by molar-refractivity contribution is 8.76. The van der Waals surface area contributed by atoms with Crippen LogP contribution in [0.5, 0.6) is 23.0 Å². The summed E-state index contributed by atoms with van der Waals surface area (Å²) >= 11 is 0. The molecular weight excluding hydrogens is 901 g/mol. The molecule has 5 N–H and O–H groups in total. The average molecular weight is 959 g/mol. The summed E-state index contributed by atoms with van der Waals surface area (Å²) in [4.78, 5) is 55.0. The van der Waals surface area contributed by atoms with Crippen LogP contribution >= 0.6 is 21.6 Å². The van der Waals surface area contributed by atoms with Crippen LogP contribution in [0.2, 0.25) is 0 Å². The number of rotatable bonds is 22. The summed E-state index contributed by atoms with van der Waals surface area (Å²) in [6.07, 6.45) is 4.51. The summed E-state index contributed by atoms with van der Waals surface area (Å²) in [6, 6.07) is 29.2. The van der Waals surface area contributed by atoms with E-state index in [0.29, 0.717) is 90.0 Å². The van der Waals surface area contributed by atoms with Crippen LogP contribution in [0.15, 0.2) is 91.0 Å². The first kappa shape index (κ1) is 48.0. The third-order valence-electron chi connectivity index (χ3n) is 12.5. The molecule has 3 heterocycles. The molecule has 0 fully saturated rings. The zero-order chi connectivity index (χ0) is 47.7. The largest absolute Gasteiger partial charge is 0.493 e. The maximum absolute atomic E-state index is 14.1. The molecule has 16 heteroatoms. The minimum atomic E-state index is -0.301. The van der Waals surface area contributed by atoms with Crippen LogP contribution in [0.1, 0.15) is 75.6 Å². The van der Waals surface area contributed by atoms with Gasteiger partial charge in [-0.15, -0.1) is 0 Å². The van der Waals surface area contributed by atoms with Gasteiger partial charge in [0, 0.05) is 84.4 Å². The van der Waals surface area contributed by atoms with Crippen molar-refractivity contribution in [2.45, 2.75) is 76.0 Å². The number of primary amides is 1. The van der Waals surface area contributed by atoms with Crippen molar-refractivity contribution in [2.75, 3.05) is 65.9 Å². The number of nitrogens with one attached hydrogen (secondary N) is 3. The number of hydrogen-bond acceptors (Lipinski definition) is 13. The molecular formula is C52H58N6O8S2. The first-order valence-electron chi connectivity index (χ1n) is 22.9. The lowest BCUT2D eigenvalue weighted by molar-refractivity contribution is -0.118. The number of likely N-dealkylation sites (N-methyl/N-ethyl adjacent to an activating group) is 1. The van der Waals surface area contributed by atoms with Crippen LogP contribution < -0.4 is 50.4 Å². The van der Waals surface area contributed by atoms with Crippen LogP contribution in [-0.4, -0.2) is 81.5 Å². The first-order chi connectivity index (χ1) is 33.0. The fourth-order valence-electron chi connectivity index (χ4n) is 8.96. The van der Waals surface area contributed by atoms with Crippen molar-refractivity contribution in [2.24, 2.45) is 5.73 Å². The maximum atomic E-state index is 14.1. The van der Waals surface area contributed by atoms with E-state index in [1.54, 1.807) is 46.9 Å². The molecule has 3 atom stereocenters. The number of anilines is 5. The average Bonchev–Trinajstić information content (AvgIpc) is 3.84. The van der Waals surface area contributed by atoms with Gasteiger partial charge in [-0.05, 0) is 90.4 Å². The van der Waals surface area contributed by atoms with Crippen molar-refractivity contribution in [1.29, 1.82) is 0 Å². The molecule has 68 heavy (non-hydrogen) atoms. The van der Waals surface area contributed by atoms with Crippen LogP contribution in [0.3, 0.4) is 0 Å². The Morgan fingerprint density at radius 3 is 2.24 bits per heavy atom. The molecule has 5 aromatic carbocycles. The van der Waals surface area contributed by atoms with Crippen LogP contribution in [-0.2, 0) is 35.6 Å². The zero-order valence-corrected chi connectivity index (χ0v) is 40.4. The van der Waals surface area contributed by atoms with E-state index in [1.165, 1.54) is 18.4 Å². The molecule has 356 valence electrons. The van der Waals surface area contributed by atoms with Crippen molar-refractivity contribution in [1.82, 2.24) is 0 Å². The number of hydrogen-bond donors (Lipinski definition) is 4. The Morgan fingerprint density at radius 1 is 0.868 bits per heavy atom. The summed E-state index contributed by atoms with van der Waals surface area (Å²) < 4.78 is 24.4. The Kier molecular flexibility index (Phi) is 15.6. The molecule has 0 saturated carbocycles. The van der Waals surface area contributed by atoms with Crippen LogP contribution in [0.25, 0.3) is 0 Å². The number of nitrogens with two attached hydrogens (primary N) is 1. The van der Waals surface area contributed by atoms with E-state index in [9.17, 15) is 19.2 Å². The van der Waals surface area contributed by atoms with E-state index < -0.39 is 0 Å². The molecule has 0 radical (unpaired) electrons. The zero-order valence-electron chi connectivity index (χ0n) is 38.8. The third kappa shape index (κ3) is 11.2. The first-order valence-corrected chi connectivity index (χ1v) is 25.2. The van der Waals surface area contributed by atoms with Gasteiger partial charge >= 0.3 is 0 Å². The van der Waals surface area contributed by atoms with E-state index in [0.717, 1.165) is 47.3 Å². The van der Waals surface area contributed by atoms with Crippen molar-refractivity contribution >= 4 is 74.0 Å². The topological polar surface area (TPSA) is 174 Å². The number of carbonyl (C=O) groups is 4. The van der Waals surface area contributed by atoms with E-state index in [4.69, 9.17) is 24.7 Å². The lowest BCUT2D eigenvalue weighted by Crippen LogP contribution is -2.39. The molecule has 0 bridgehead atoms. The second-order valence-corrected chi connectivity index (χ2v) is 20.2. The molecule has 3 amide bonds. The minimum absolute atomic E-state index is 0.0228. The maximum Gasteiger partial charge on any atom is 0.260 e. The van der Waals surface area contributed by atoms with Gasteiger partial charge in [-0.25, -0.2) is 0 Å². The number of amides is 3. The van der Waals surface area contributed by atoms with Crippen molar-refractivity contribution in [3.63, 3.8) is 0 Å². The van der Waals surface area contributed by atoms with Gasteiger partial charge < -0.3 is 50.4 Å². The van der Waals surface area contributed by atoms with Crippen molar-refractivity contribution < 1.29 is 38.1 Å². The fraction of sp³-hybridized carbons (Fsp3) is 0.346. The van der Waals surface area contributed by atoms with E-state index in [2.05, 4.69) is 59.1 Å². The highest BCUT2D eigenvalue weighted by Crippen LogP contribution is 2.41. The van der Waals surface area contributed by atoms with Crippen LogP contribution in [0, 0.1) is 0 Å². The third-order valence-corrected chi connectivity index (χ3v) is 15.6. The van der Waals surface area contributed by atoms with Gasteiger partial charge in [0.05, 0.1) is 37.6 Å². The fourth-order valence-corrected chi connectivity index (χ4v) is 11.4. The smallest absolute Gasteiger partial charge is 0.260 e. The standard InChI is InChI=1S/C52H58N6O8S2/c1-32(15-16-50(53)60)68-67-17-9-14-51(61)56-38-19-33(30-65-48-25-42(37(29-59)23-46(48)63-3)54-27-39-21-35-10-5-7-12-44(35)57(39)2)18-34(20-38)31-66-49-26-43-41(24-47(49)64-4)52(62)58-40(28-55-43)22-36-11-6-8-13-45(36)58/h5-8,10-13,18-20,23-26,29,32,39-40,54-55H,9,14-17,21-22,27-28,30-31H2,1-4H3,(H2,53,60)(H,56,61)/t32?,39?,40-/m0/s1. The predicted molar refractivity (Wildman–Crippen MR) is 272 cm³/mol. The second-order valence-electron chi connectivity index (χ2n) is 17.3. The van der Waals surface area contributed by atoms with Gasteiger partial charge in [-0.2, -0.15) is 0 Å². The number of methoxy groups -OCH3 is 2. The molecule has 2 unspecified atom stereocenters. The van der Waals surface area contributed by atoms with Crippen molar-refractivity contribution in [3.8, 4) is 23.0 Å². The van der Waals surface area contributed by atoms with Crippen molar-refractivity contribution in [3.05, 3.63) is 124 Å². The lowest BCUT2D eigenvalue weighted by Gasteiger charge is -2.24. The molecule has 5 aromatic rings. The Bertz CT molecular complexity index is 2670. The number of nitrogens with zero attached hydrogens (tertiary/aromatic N) is 2. The molecule has 0 aliphatic carbocycles. The molecule has 8 rings (SSSR count). The van der Waals surface area contributed by atoms with Gasteiger partial charge in [0.2, 0.25) is 11.8 Å². The van der Waals surface area contributed by atoms with Gasteiger partial charge in [0.25, 0.3) is 5.91 Å². The Labute approximate surface area is 405 Å². The summed E-state index contributed by atoms with van der Waals surface area (Å²) in [5.41, 5.74) is 14.2. The highest BCUT2D eigenvalue weighted by Gasteiger charge is 2.38. The molecule has 0 spiro atoms. The van der Waals surface area contributed by atoms with Gasteiger partial charge in [-0.3, -0.25) is 19.2 Å². The predicted octanol–water partition coefficient (Wildman–Crippen LogP) is 8.90. The molecule has 14 nitrogen and oxygen atoms in total. The summed E-state index contributed by atoms with van der Waals surface area (Å²) in [7, 11) is 8.54. The number of fused-ring (bicyclic) bond motifs is 5. The molecule has 0 saturated heterocycles. The highest BCUT2D eigenvalue weighted by atomic mass is 33.1. The minimum Gasteiger partial charge on any atom is -0.493 e. The number of para-hydroxylation sites is 2. The van der Waals surface area contributed by atoms with E-state index >= 15 is 0 Å². The SMILES string of the molecule is COc1cc(C=O)c(NCC2Cc3ccccc3N2C)cc1OCc1cc(COc2cc3c(cc2OC)C(=O)N2c4ccccc4C[C@H]2CN3)cc(NC(=O)CCCSSC(C)CCC(N)=O)c1. The van der Waals surface area contributed by atoms with Gasteiger partial charge in [-0.1, -0.05) is 64.9 Å². The van der Waals surface area contributed by atoms with Gasteiger partial charge in [0.1, 0.15) is 13.2 Å². The summed E-state index contributed by atoms with van der Waals surface area (Å²) in [6.45, 7) is 3.45. The number of aldehydes is 1. The Balaban J connectivity index is 0.985. The van der Waals surface area contributed by atoms with Gasteiger partial charge in [0.15, 0.2) is 29.3 Å². The Morgan fingerprint density at radius 2 is 1.54 bits per heavy atom. The molecule has 0 aromatic heterocycles. The number of benzene rings is 5. The number of ether oxygens (including phenoxy) is 4. The monoisotopic (exact) mass is 958 g/mol. The van der Waals surface area contributed by atoms with E-state index in [1.807, 2.05) is 53.4 Å². The molecule has 3 aliphatic rings.